The van der Waals surface area contributed by atoms with Crippen LogP contribution in [0.4, 0.5) is 5.69 Å². The van der Waals surface area contributed by atoms with Crippen LogP contribution in [0, 0.1) is 20.8 Å². The van der Waals surface area contributed by atoms with Gasteiger partial charge in [-0.3, -0.25) is 0 Å². The molecular formula is C17H28N2. The Kier molecular flexibility index (Phi) is 4.87. The van der Waals surface area contributed by atoms with E-state index in [0.29, 0.717) is 0 Å². The zero-order valence-corrected chi connectivity index (χ0v) is 12.9. The Hall–Kier alpha value is -1.02. The van der Waals surface area contributed by atoms with Crippen molar-refractivity contribution in [2.45, 2.75) is 52.5 Å². The molecular weight excluding hydrogens is 232 g/mol. The molecule has 1 unspecified atom stereocenters. The third-order valence-electron chi connectivity index (χ3n) is 4.67. The van der Waals surface area contributed by atoms with Crippen LogP contribution >= 0.6 is 0 Å². The van der Waals surface area contributed by atoms with Crippen LogP contribution in [0.5, 0.6) is 0 Å². The van der Waals surface area contributed by atoms with Gasteiger partial charge >= 0.3 is 0 Å². The zero-order valence-electron chi connectivity index (χ0n) is 12.9. The Labute approximate surface area is 118 Å². The van der Waals surface area contributed by atoms with Crippen molar-refractivity contribution in [3.8, 4) is 0 Å². The van der Waals surface area contributed by atoms with Gasteiger partial charge < -0.3 is 10.2 Å². The van der Waals surface area contributed by atoms with Gasteiger partial charge in [0.25, 0.3) is 0 Å². The number of rotatable bonds is 4. The number of anilines is 1. The van der Waals surface area contributed by atoms with Gasteiger partial charge in [0.15, 0.2) is 0 Å². The van der Waals surface area contributed by atoms with E-state index in [-0.39, 0.29) is 0 Å². The van der Waals surface area contributed by atoms with E-state index >= 15 is 0 Å². The molecule has 1 heterocycles. The highest BCUT2D eigenvalue weighted by Crippen LogP contribution is 2.25. The summed E-state index contributed by atoms with van der Waals surface area (Å²) in [5, 5.41) is 3.63. The van der Waals surface area contributed by atoms with Crippen LogP contribution in [0.1, 0.15) is 42.4 Å². The minimum atomic E-state index is 0.725. The highest BCUT2D eigenvalue weighted by atomic mass is 15.1. The topological polar surface area (TPSA) is 15.3 Å². The van der Waals surface area contributed by atoms with E-state index in [2.05, 4.69) is 50.2 Å². The van der Waals surface area contributed by atoms with Crippen LogP contribution in [-0.4, -0.2) is 26.2 Å². The molecule has 1 N–H and O–H groups in total. The molecule has 0 aromatic heterocycles. The molecule has 1 aromatic rings. The van der Waals surface area contributed by atoms with Gasteiger partial charge in [-0.15, -0.1) is 0 Å². The van der Waals surface area contributed by atoms with Crippen molar-refractivity contribution in [2.75, 3.05) is 25.0 Å². The SMILES string of the molecule is Cc1ccc(N(C)CCC2CCCCN2)c(C)c1C. The second-order valence-corrected chi connectivity index (χ2v) is 6.01. The Morgan fingerprint density at radius 3 is 2.63 bits per heavy atom. The number of nitrogens with one attached hydrogen (secondary N) is 1. The molecule has 0 bridgehead atoms. The molecule has 106 valence electrons. The molecule has 19 heavy (non-hydrogen) atoms. The summed E-state index contributed by atoms with van der Waals surface area (Å²) in [5.74, 6) is 0. The summed E-state index contributed by atoms with van der Waals surface area (Å²) in [5.41, 5.74) is 5.64. The van der Waals surface area contributed by atoms with Crippen molar-refractivity contribution < 1.29 is 0 Å². The van der Waals surface area contributed by atoms with Gasteiger partial charge in [0, 0.05) is 25.3 Å². The predicted octanol–water partition coefficient (Wildman–Crippen LogP) is 3.58. The number of aryl methyl sites for hydroxylation is 1. The molecule has 1 aliphatic heterocycles. The number of piperidine rings is 1. The van der Waals surface area contributed by atoms with Crippen molar-refractivity contribution in [2.24, 2.45) is 0 Å². The van der Waals surface area contributed by atoms with Crippen LogP contribution in [0.25, 0.3) is 0 Å². The van der Waals surface area contributed by atoms with Gasteiger partial charge in [-0.05, 0) is 69.3 Å². The standard InChI is InChI=1S/C17H28N2/c1-13-8-9-17(15(3)14(13)2)19(4)12-10-16-7-5-6-11-18-16/h8-9,16,18H,5-7,10-12H2,1-4H3. The summed E-state index contributed by atoms with van der Waals surface area (Å²) in [6.45, 7) is 9.01. The first-order valence-corrected chi connectivity index (χ1v) is 7.61. The van der Waals surface area contributed by atoms with Crippen LogP contribution in [-0.2, 0) is 0 Å². The molecule has 0 spiro atoms. The number of nitrogens with zero attached hydrogens (tertiary/aromatic N) is 1. The summed E-state index contributed by atoms with van der Waals surface area (Å²) < 4.78 is 0. The number of benzene rings is 1. The smallest absolute Gasteiger partial charge is 0.0396 e. The van der Waals surface area contributed by atoms with Crippen molar-refractivity contribution in [1.82, 2.24) is 5.32 Å². The van der Waals surface area contributed by atoms with Crippen LogP contribution < -0.4 is 10.2 Å². The molecule has 0 amide bonds. The molecule has 1 aromatic carbocycles. The van der Waals surface area contributed by atoms with Gasteiger partial charge in [-0.1, -0.05) is 12.5 Å². The van der Waals surface area contributed by atoms with Gasteiger partial charge in [-0.25, -0.2) is 0 Å². The van der Waals surface area contributed by atoms with Gasteiger partial charge in [0.2, 0.25) is 0 Å². The molecule has 0 radical (unpaired) electrons. The van der Waals surface area contributed by atoms with Crippen molar-refractivity contribution in [3.05, 3.63) is 28.8 Å². The summed E-state index contributed by atoms with van der Waals surface area (Å²) >= 11 is 0. The minimum absolute atomic E-state index is 0.725. The fraction of sp³-hybridized carbons (Fsp3) is 0.647. The van der Waals surface area contributed by atoms with Crippen molar-refractivity contribution >= 4 is 5.69 Å². The van der Waals surface area contributed by atoms with E-state index in [4.69, 9.17) is 0 Å². The van der Waals surface area contributed by atoms with Crippen molar-refractivity contribution in [3.63, 3.8) is 0 Å². The molecule has 2 heteroatoms. The second kappa shape index (κ2) is 6.42. The number of hydrogen-bond acceptors (Lipinski definition) is 2. The van der Waals surface area contributed by atoms with E-state index in [1.165, 1.54) is 54.6 Å². The fourth-order valence-electron chi connectivity index (χ4n) is 3.00. The molecule has 0 saturated carbocycles. The van der Waals surface area contributed by atoms with Gasteiger partial charge in [0.05, 0.1) is 0 Å². The van der Waals surface area contributed by atoms with E-state index in [9.17, 15) is 0 Å². The lowest BCUT2D eigenvalue weighted by Gasteiger charge is -2.28. The zero-order chi connectivity index (χ0) is 13.8. The fourth-order valence-corrected chi connectivity index (χ4v) is 3.00. The Bertz CT molecular complexity index is 420. The largest absolute Gasteiger partial charge is 0.374 e. The quantitative estimate of drug-likeness (QED) is 0.890. The normalized spacial score (nSPS) is 19.5. The highest BCUT2D eigenvalue weighted by Gasteiger charge is 2.14. The van der Waals surface area contributed by atoms with Crippen LogP contribution in [0.2, 0.25) is 0 Å². The van der Waals surface area contributed by atoms with Gasteiger partial charge in [0.1, 0.15) is 0 Å². The van der Waals surface area contributed by atoms with E-state index in [0.717, 1.165) is 12.6 Å². The first kappa shape index (κ1) is 14.4. The molecule has 2 nitrogen and oxygen atoms in total. The molecule has 1 atom stereocenters. The third kappa shape index (κ3) is 3.50. The maximum Gasteiger partial charge on any atom is 0.0396 e. The Morgan fingerprint density at radius 2 is 1.95 bits per heavy atom. The molecule has 0 aliphatic carbocycles. The second-order valence-electron chi connectivity index (χ2n) is 6.01. The first-order valence-electron chi connectivity index (χ1n) is 7.61. The van der Waals surface area contributed by atoms with Crippen LogP contribution in [0.3, 0.4) is 0 Å². The molecule has 1 fully saturated rings. The van der Waals surface area contributed by atoms with E-state index in [1.54, 1.807) is 0 Å². The molecule has 2 rings (SSSR count). The lowest BCUT2D eigenvalue weighted by Crippen LogP contribution is -2.36. The average Bonchev–Trinajstić information content (AvgIpc) is 2.43. The van der Waals surface area contributed by atoms with E-state index in [1.807, 2.05) is 0 Å². The summed E-state index contributed by atoms with van der Waals surface area (Å²) in [4.78, 5) is 2.41. The first-order chi connectivity index (χ1) is 9.09. The predicted molar refractivity (Wildman–Crippen MR) is 84.2 cm³/mol. The summed E-state index contributed by atoms with van der Waals surface area (Å²) in [7, 11) is 2.22. The van der Waals surface area contributed by atoms with E-state index < -0.39 is 0 Å². The minimum Gasteiger partial charge on any atom is -0.374 e. The summed E-state index contributed by atoms with van der Waals surface area (Å²) in [6, 6.07) is 5.24. The Balaban J connectivity index is 1.95. The molecule has 1 saturated heterocycles. The summed E-state index contributed by atoms with van der Waals surface area (Å²) in [6.07, 6.45) is 5.34. The monoisotopic (exact) mass is 260 g/mol. The average molecular weight is 260 g/mol. The van der Waals surface area contributed by atoms with Gasteiger partial charge in [-0.2, -0.15) is 0 Å². The third-order valence-corrected chi connectivity index (χ3v) is 4.67. The molecule has 1 aliphatic rings. The highest BCUT2D eigenvalue weighted by molar-refractivity contribution is 5.57. The lowest BCUT2D eigenvalue weighted by molar-refractivity contribution is 0.384. The lowest BCUT2D eigenvalue weighted by atomic mass is 10.0. The van der Waals surface area contributed by atoms with Crippen molar-refractivity contribution in [1.29, 1.82) is 0 Å². The maximum absolute atomic E-state index is 3.63. The maximum atomic E-state index is 3.63. The Morgan fingerprint density at radius 1 is 1.16 bits per heavy atom. The van der Waals surface area contributed by atoms with Crippen LogP contribution in [0.15, 0.2) is 12.1 Å². The number of hydrogen-bond donors (Lipinski definition) is 1.